The molecule has 1 aromatic carbocycles. The second-order valence-electron chi connectivity index (χ2n) is 8.13. The quantitative estimate of drug-likeness (QED) is 0.602. The maximum Gasteiger partial charge on any atom is 0.263 e. The van der Waals surface area contributed by atoms with E-state index in [9.17, 15) is 9.59 Å². The van der Waals surface area contributed by atoms with Crippen molar-refractivity contribution in [2.45, 2.75) is 32.7 Å². The summed E-state index contributed by atoms with van der Waals surface area (Å²) in [5, 5.41) is 2.93. The molecule has 2 aliphatic rings. The van der Waals surface area contributed by atoms with Crippen molar-refractivity contribution in [1.29, 1.82) is 0 Å². The number of aryl methyl sites for hydroxylation is 1. The Kier molecular flexibility index (Phi) is 7.44. The average Bonchev–Trinajstić information content (AvgIpc) is 3.29. The molecular weight excluding hydrogens is 410 g/mol. The normalized spacial score (nSPS) is 15.7. The van der Waals surface area contributed by atoms with E-state index in [1.807, 2.05) is 24.4 Å². The van der Waals surface area contributed by atoms with E-state index in [-0.39, 0.29) is 23.8 Å². The number of nitrogens with one attached hydrogen (secondary N) is 1. The highest BCUT2D eigenvalue weighted by atomic mass is 16.7. The number of ether oxygens (including phenoxy) is 3. The number of unbranched alkanes of at least 4 members (excludes halogenated alkanes) is 1. The van der Waals surface area contributed by atoms with Gasteiger partial charge in [0.25, 0.3) is 11.5 Å². The number of benzene rings is 1. The minimum Gasteiger partial charge on any atom is -0.454 e. The first-order valence-electron chi connectivity index (χ1n) is 11.4. The van der Waals surface area contributed by atoms with Crippen molar-refractivity contribution in [3.05, 3.63) is 46.4 Å². The molecule has 172 valence electrons. The first kappa shape index (κ1) is 22.4. The second kappa shape index (κ2) is 10.7. The molecular formula is C24H31N3O5. The number of aromatic nitrogens is 1. The molecule has 1 fully saturated rings. The lowest BCUT2D eigenvalue weighted by Gasteiger charge is -2.26. The number of amides is 1. The molecule has 0 spiro atoms. The maximum absolute atomic E-state index is 13.0. The number of nitrogens with zero attached hydrogens (tertiary/aromatic N) is 2. The van der Waals surface area contributed by atoms with Crippen LogP contribution in [0.15, 0.2) is 35.3 Å². The molecule has 1 saturated heterocycles. The van der Waals surface area contributed by atoms with E-state index < -0.39 is 0 Å². The van der Waals surface area contributed by atoms with Gasteiger partial charge in [0, 0.05) is 32.4 Å². The summed E-state index contributed by atoms with van der Waals surface area (Å²) in [6.07, 6.45) is 4.48. The fourth-order valence-corrected chi connectivity index (χ4v) is 3.95. The molecule has 1 N–H and O–H groups in total. The monoisotopic (exact) mass is 441 g/mol. The molecule has 2 aromatic rings. The van der Waals surface area contributed by atoms with Crippen molar-refractivity contribution in [3.8, 4) is 22.6 Å². The summed E-state index contributed by atoms with van der Waals surface area (Å²) in [5.74, 6) is 1.04. The van der Waals surface area contributed by atoms with Crippen LogP contribution in [0.2, 0.25) is 0 Å². The van der Waals surface area contributed by atoms with Gasteiger partial charge < -0.3 is 24.1 Å². The molecule has 0 bridgehead atoms. The predicted molar refractivity (Wildman–Crippen MR) is 121 cm³/mol. The maximum atomic E-state index is 13.0. The Balaban J connectivity index is 1.50. The smallest absolute Gasteiger partial charge is 0.263 e. The van der Waals surface area contributed by atoms with Crippen molar-refractivity contribution in [1.82, 2.24) is 14.8 Å². The third-order valence-electron chi connectivity index (χ3n) is 5.83. The van der Waals surface area contributed by atoms with E-state index in [1.54, 1.807) is 10.6 Å². The highest BCUT2D eigenvalue weighted by Crippen LogP contribution is 2.35. The van der Waals surface area contributed by atoms with Crippen LogP contribution in [0.3, 0.4) is 0 Å². The van der Waals surface area contributed by atoms with Gasteiger partial charge in [-0.05, 0) is 48.7 Å². The SMILES string of the molecule is CCCCn1cc(-c2ccc3c(c2)OCO3)cc(C(=O)NCCCN2CCOCC2)c1=O. The van der Waals surface area contributed by atoms with Gasteiger partial charge in [0.2, 0.25) is 6.79 Å². The molecule has 1 amide bonds. The lowest BCUT2D eigenvalue weighted by molar-refractivity contribution is 0.0374. The van der Waals surface area contributed by atoms with E-state index in [2.05, 4.69) is 17.1 Å². The Morgan fingerprint density at radius 3 is 2.66 bits per heavy atom. The van der Waals surface area contributed by atoms with Crippen LogP contribution in [0, 0.1) is 0 Å². The summed E-state index contributed by atoms with van der Waals surface area (Å²) in [6, 6.07) is 7.34. The third-order valence-corrected chi connectivity index (χ3v) is 5.83. The molecule has 4 rings (SSSR count). The van der Waals surface area contributed by atoms with Crippen molar-refractivity contribution >= 4 is 5.91 Å². The lowest BCUT2D eigenvalue weighted by Crippen LogP contribution is -2.38. The number of hydrogen-bond donors (Lipinski definition) is 1. The fourth-order valence-electron chi connectivity index (χ4n) is 3.95. The molecule has 0 unspecified atom stereocenters. The summed E-state index contributed by atoms with van der Waals surface area (Å²) in [6.45, 7) is 7.65. The van der Waals surface area contributed by atoms with Gasteiger partial charge in [0.05, 0.1) is 13.2 Å². The predicted octanol–water partition coefficient (Wildman–Crippen LogP) is 2.50. The van der Waals surface area contributed by atoms with Crippen molar-refractivity contribution in [2.75, 3.05) is 46.2 Å². The van der Waals surface area contributed by atoms with E-state index >= 15 is 0 Å². The van der Waals surface area contributed by atoms with Gasteiger partial charge in [-0.3, -0.25) is 14.5 Å². The Hall–Kier alpha value is -2.84. The van der Waals surface area contributed by atoms with Crippen LogP contribution >= 0.6 is 0 Å². The number of carbonyl (C=O) groups excluding carboxylic acids is 1. The Morgan fingerprint density at radius 1 is 1.03 bits per heavy atom. The first-order valence-corrected chi connectivity index (χ1v) is 11.4. The number of fused-ring (bicyclic) bond motifs is 1. The van der Waals surface area contributed by atoms with Crippen LogP contribution < -0.4 is 20.3 Å². The topological polar surface area (TPSA) is 82.0 Å². The number of carbonyl (C=O) groups is 1. The van der Waals surface area contributed by atoms with E-state index in [0.717, 1.165) is 63.2 Å². The molecule has 3 heterocycles. The summed E-state index contributed by atoms with van der Waals surface area (Å²) in [5.41, 5.74) is 1.59. The summed E-state index contributed by atoms with van der Waals surface area (Å²) in [4.78, 5) is 28.2. The summed E-state index contributed by atoms with van der Waals surface area (Å²) < 4.78 is 17.9. The number of morpholine rings is 1. The minimum absolute atomic E-state index is 0.169. The molecule has 0 radical (unpaired) electrons. The van der Waals surface area contributed by atoms with Gasteiger partial charge in [-0.15, -0.1) is 0 Å². The van der Waals surface area contributed by atoms with Crippen molar-refractivity contribution in [3.63, 3.8) is 0 Å². The van der Waals surface area contributed by atoms with Gasteiger partial charge >= 0.3 is 0 Å². The number of hydrogen-bond acceptors (Lipinski definition) is 6. The minimum atomic E-state index is -0.329. The van der Waals surface area contributed by atoms with Gasteiger partial charge in [-0.1, -0.05) is 19.4 Å². The van der Waals surface area contributed by atoms with Gasteiger partial charge in [0.15, 0.2) is 11.5 Å². The Bertz CT molecular complexity index is 998. The first-order chi connectivity index (χ1) is 15.7. The molecule has 8 nitrogen and oxygen atoms in total. The van der Waals surface area contributed by atoms with Crippen LogP contribution in [0.4, 0.5) is 0 Å². The summed E-state index contributed by atoms with van der Waals surface area (Å²) in [7, 11) is 0. The molecule has 0 saturated carbocycles. The Morgan fingerprint density at radius 2 is 1.84 bits per heavy atom. The van der Waals surface area contributed by atoms with Crippen LogP contribution in [0.5, 0.6) is 11.5 Å². The highest BCUT2D eigenvalue weighted by Gasteiger charge is 2.18. The zero-order chi connectivity index (χ0) is 22.3. The number of rotatable bonds is 9. The summed E-state index contributed by atoms with van der Waals surface area (Å²) >= 11 is 0. The zero-order valence-electron chi connectivity index (χ0n) is 18.6. The van der Waals surface area contributed by atoms with Crippen molar-refractivity contribution < 1.29 is 19.0 Å². The van der Waals surface area contributed by atoms with Crippen LogP contribution in [-0.4, -0.2) is 61.6 Å². The Labute approximate surface area is 188 Å². The van der Waals surface area contributed by atoms with Crippen LogP contribution in [-0.2, 0) is 11.3 Å². The van der Waals surface area contributed by atoms with E-state index in [4.69, 9.17) is 14.2 Å². The van der Waals surface area contributed by atoms with Gasteiger partial charge in [-0.25, -0.2) is 0 Å². The third kappa shape index (κ3) is 5.31. The molecule has 1 aromatic heterocycles. The molecule has 0 aliphatic carbocycles. The zero-order valence-corrected chi connectivity index (χ0v) is 18.6. The van der Waals surface area contributed by atoms with Crippen LogP contribution in [0.1, 0.15) is 36.5 Å². The second-order valence-corrected chi connectivity index (χ2v) is 8.13. The fraction of sp³-hybridized carbons (Fsp3) is 0.500. The molecule has 8 heteroatoms. The molecule has 0 atom stereocenters. The standard InChI is InChI=1S/C24H31N3O5/c1-2-3-9-27-16-19(18-5-6-21-22(15-18)32-17-31-21)14-20(24(27)29)23(28)25-7-4-8-26-10-12-30-13-11-26/h5-6,14-16H,2-4,7-13,17H2,1H3,(H,25,28). The average molecular weight is 442 g/mol. The highest BCUT2D eigenvalue weighted by molar-refractivity contribution is 5.95. The van der Waals surface area contributed by atoms with E-state index in [0.29, 0.717) is 24.6 Å². The van der Waals surface area contributed by atoms with Crippen molar-refractivity contribution in [2.24, 2.45) is 0 Å². The van der Waals surface area contributed by atoms with E-state index in [1.165, 1.54) is 0 Å². The van der Waals surface area contributed by atoms with Gasteiger partial charge in [0.1, 0.15) is 5.56 Å². The lowest BCUT2D eigenvalue weighted by atomic mass is 10.0. The van der Waals surface area contributed by atoms with Crippen LogP contribution in [0.25, 0.3) is 11.1 Å². The molecule has 2 aliphatic heterocycles. The number of pyridine rings is 1. The van der Waals surface area contributed by atoms with Gasteiger partial charge in [-0.2, -0.15) is 0 Å². The molecule has 32 heavy (non-hydrogen) atoms. The largest absolute Gasteiger partial charge is 0.454 e.